The standard InChI is InChI=1S/C28H36N2O7/c1-19(2)24(26(33)35-17-20-12-8-6-9-13-20)30-25(32)22(16-23(31)37-28(3,4)5)29-27(34)36-18-21-14-10-7-11-15-21/h6-15,19,22,24H,16-18H2,1-5H3,(H,29,34)(H,30,32)/t22-,24-/m0/s1. The quantitative estimate of drug-likeness (QED) is 0.346. The second-order valence-electron chi connectivity index (χ2n) is 9.87. The molecule has 0 bridgehead atoms. The largest absolute Gasteiger partial charge is 0.460 e. The van der Waals surface area contributed by atoms with E-state index in [1.165, 1.54) is 0 Å². The summed E-state index contributed by atoms with van der Waals surface area (Å²) in [6.45, 7) is 8.60. The van der Waals surface area contributed by atoms with Crippen molar-refractivity contribution in [1.82, 2.24) is 10.6 Å². The molecule has 200 valence electrons. The molecule has 0 aliphatic heterocycles. The van der Waals surface area contributed by atoms with Gasteiger partial charge in [0.1, 0.15) is 30.9 Å². The highest BCUT2D eigenvalue weighted by Gasteiger charge is 2.32. The monoisotopic (exact) mass is 512 g/mol. The molecule has 0 saturated heterocycles. The second kappa shape index (κ2) is 14.0. The molecule has 0 heterocycles. The Kier molecular flexibility index (Phi) is 11.1. The summed E-state index contributed by atoms with van der Waals surface area (Å²) in [6.07, 6.45) is -1.34. The smallest absolute Gasteiger partial charge is 0.408 e. The third kappa shape index (κ3) is 11.2. The van der Waals surface area contributed by atoms with E-state index in [9.17, 15) is 19.2 Å². The number of nitrogens with one attached hydrogen (secondary N) is 2. The van der Waals surface area contributed by atoms with Gasteiger partial charge in [-0.2, -0.15) is 0 Å². The molecule has 9 nitrogen and oxygen atoms in total. The fourth-order valence-corrected chi connectivity index (χ4v) is 3.24. The number of carbonyl (C=O) groups excluding carboxylic acids is 4. The van der Waals surface area contributed by atoms with Gasteiger partial charge < -0.3 is 24.8 Å². The Morgan fingerprint density at radius 1 is 0.784 bits per heavy atom. The highest BCUT2D eigenvalue weighted by molar-refractivity contribution is 5.92. The van der Waals surface area contributed by atoms with Crippen molar-refractivity contribution in [2.45, 2.75) is 71.9 Å². The van der Waals surface area contributed by atoms with Crippen molar-refractivity contribution in [2.75, 3.05) is 0 Å². The van der Waals surface area contributed by atoms with E-state index in [2.05, 4.69) is 10.6 Å². The van der Waals surface area contributed by atoms with Crippen LogP contribution in [0.2, 0.25) is 0 Å². The first kappa shape index (κ1) is 29.4. The molecular weight excluding hydrogens is 476 g/mol. The highest BCUT2D eigenvalue weighted by Crippen LogP contribution is 2.12. The molecular formula is C28H36N2O7. The van der Waals surface area contributed by atoms with Crippen molar-refractivity contribution >= 4 is 23.9 Å². The second-order valence-corrected chi connectivity index (χ2v) is 9.87. The lowest BCUT2D eigenvalue weighted by molar-refractivity contribution is -0.156. The summed E-state index contributed by atoms with van der Waals surface area (Å²) in [6, 6.07) is 15.8. The van der Waals surface area contributed by atoms with Crippen molar-refractivity contribution in [3.63, 3.8) is 0 Å². The van der Waals surface area contributed by atoms with Crippen LogP contribution in [0.5, 0.6) is 0 Å². The number of rotatable bonds is 11. The van der Waals surface area contributed by atoms with E-state index in [4.69, 9.17) is 14.2 Å². The van der Waals surface area contributed by atoms with Crippen LogP contribution < -0.4 is 10.6 Å². The molecule has 2 rings (SSSR count). The number of benzene rings is 2. The molecule has 0 radical (unpaired) electrons. The predicted octanol–water partition coefficient (Wildman–Crippen LogP) is 3.90. The maximum atomic E-state index is 13.2. The lowest BCUT2D eigenvalue weighted by atomic mass is 10.0. The van der Waals surface area contributed by atoms with Gasteiger partial charge in [0.15, 0.2) is 0 Å². The van der Waals surface area contributed by atoms with E-state index in [0.717, 1.165) is 11.1 Å². The molecule has 0 fully saturated rings. The van der Waals surface area contributed by atoms with Crippen LogP contribution in [-0.4, -0.2) is 41.6 Å². The van der Waals surface area contributed by atoms with Gasteiger partial charge in [-0.3, -0.25) is 9.59 Å². The van der Waals surface area contributed by atoms with Crippen molar-refractivity contribution in [3.8, 4) is 0 Å². The normalized spacial score (nSPS) is 12.7. The Bertz CT molecular complexity index is 1030. The summed E-state index contributed by atoms with van der Waals surface area (Å²) in [5.41, 5.74) is 0.773. The minimum absolute atomic E-state index is 0.0200. The number of alkyl carbamates (subject to hydrolysis) is 1. The van der Waals surface area contributed by atoms with Crippen LogP contribution >= 0.6 is 0 Å². The maximum absolute atomic E-state index is 13.2. The van der Waals surface area contributed by atoms with Gasteiger partial charge in [-0.15, -0.1) is 0 Å². The van der Waals surface area contributed by atoms with Crippen molar-refractivity contribution < 1.29 is 33.4 Å². The van der Waals surface area contributed by atoms with E-state index in [0.29, 0.717) is 0 Å². The number of ether oxygens (including phenoxy) is 3. The van der Waals surface area contributed by atoms with Gasteiger partial charge in [-0.25, -0.2) is 9.59 Å². The zero-order chi connectivity index (χ0) is 27.4. The third-order valence-corrected chi connectivity index (χ3v) is 5.05. The Labute approximate surface area is 217 Å². The van der Waals surface area contributed by atoms with Gasteiger partial charge in [-0.05, 0) is 37.8 Å². The Morgan fingerprint density at radius 2 is 1.30 bits per heavy atom. The summed E-state index contributed by atoms with van der Waals surface area (Å²) in [4.78, 5) is 50.8. The third-order valence-electron chi connectivity index (χ3n) is 5.05. The van der Waals surface area contributed by atoms with Gasteiger partial charge in [-0.1, -0.05) is 74.5 Å². The number of esters is 2. The molecule has 0 spiro atoms. The Hall–Kier alpha value is -3.88. The topological polar surface area (TPSA) is 120 Å². The van der Waals surface area contributed by atoms with Crippen molar-refractivity contribution in [3.05, 3.63) is 71.8 Å². The van der Waals surface area contributed by atoms with E-state index >= 15 is 0 Å². The van der Waals surface area contributed by atoms with Crippen LogP contribution in [0.4, 0.5) is 4.79 Å². The van der Waals surface area contributed by atoms with Crippen molar-refractivity contribution in [2.24, 2.45) is 5.92 Å². The summed E-state index contributed by atoms with van der Waals surface area (Å²) in [5, 5.41) is 5.03. The fraction of sp³-hybridized carbons (Fsp3) is 0.429. The molecule has 37 heavy (non-hydrogen) atoms. The highest BCUT2D eigenvalue weighted by atomic mass is 16.6. The summed E-state index contributed by atoms with van der Waals surface area (Å²) in [7, 11) is 0. The lowest BCUT2D eigenvalue weighted by Crippen LogP contribution is -2.54. The molecule has 2 amide bonds. The van der Waals surface area contributed by atoms with Crippen LogP contribution in [0.25, 0.3) is 0 Å². The van der Waals surface area contributed by atoms with Gasteiger partial charge in [0.05, 0.1) is 6.42 Å². The fourth-order valence-electron chi connectivity index (χ4n) is 3.24. The van der Waals surface area contributed by atoms with Gasteiger partial charge in [0.2, 0.25) is 5.91 Å². The number of amides is 2. The minimum Gasteiger partial charge on any atom is -0.460 e. The number of hydrogen-bond acceptors (Lipinski definition) is 7. The predicted molar refractivity (Wildman–Crippen MR) is 137 cm³/mol. The molecule has 2 aromatic carbocycles. The minimum atomic E-state index is -1.33. The molecule has 0 aliphatic carbocycles. The average Bonchev–Trinajstić information content (AvgIpc) is 2.84. The summed E-state index contributed by atoms with van der Waals surface area (Å²) >= 11 is 0. The van der Waals surface area contributed by atoms with Crippen LogP contribution in [0.15, 0.2) is 60.7 Å². The van der Waals surface area contributed by atoms with Crippen molar-refractivity contribution in [1.29, 1.82) is 0 Å². The first-order valence-electron chi connectivity index (χ1n) is 12.1. The first-order valence-corrected chi connectivity index (χ1v) is 12.1. The lowest BCUT2D eigenvalue weighted by Gasteiger charge is -2.25. The van der Waals surface area contributed by atoms with Crippen LogP contribution in [0, 0.1) is 5.92 Å². The molecule has 9 heteroatoms. The molecule has 2 atom stereocenters. The SMILES string of the molecule is CC(C)[C@H](NC(=O)[C@H](CC(=O)OC(C)(C)C)NC(=O)OCc1ccccc1)C(=O)OCc1ccccc1. The molecule has 2 N–H and O–H groups in total. The van der Waals surface area contributed by atoms with Crippen LogP contribution in [0.3, 0.4) is 0 Å². The van der Waals surface area contributed by atoms with E-state index in [-0.39, 0.29) is 19.1 Å². The molecule has 0 aliphatic rings. The summed E-state index contributed by atoms with van der Waals surface area (Å²) < 4.78 is 15.9. The first-order chi connectivity index (χ1) is 17.4. The van der Waals surface area contributed by atoms with Gasteiger partial charge >= 0.3 is 18.0 Å². The summed E-state index contributed by atoms with van der Waals surface area (Å²) in [5.74, 6) is -2.38. The van der Waals surface area contributed by atoms with Gasteiger partial charge in [0, 0.05) is 0 Å². The number of carbonyl (C=O) groups is 4. The average molecular weight is 513 g/mol. The van der Waals surface area contributed by atoms with E-state index < -0.39 is 48.0 Å². The zero-order valence-electron chi connectivity index (χ0n) is 22.0. The van der Waals surface area contributed by atoms with Crippen LogP contribution in [0.1, 0.15) is 52.2 Å². The molecule has 2 aromatic rings. The Morgan fingerprint density at radius 3 is 1.78 bits per heavy atom. The van der Waals surface area contributed by atoms with Crippen LogP contribution in [-0.2, 0) is 41.8 Å². The van der Waals surface area contributed by atoms with Gasteiger partial charge in [0.25, 0.3) is 0 Å². The Balaban J connectivity index is 2.07. The maximum Gasteiger partial charge on any atom is 0.408 e. The zero-order valence-corrected chi connectivity index (χ0v) is 22.0. The molecule has 0 unspecified atom stereocenters. The van der Waals surface area contributed by atoms with E-state index in [1.807, 2.05) is 36.4 Å². The number of hydrogen-bond donors (Lipinski definition) is 2. The van der Waals surface area contributed by atoms with E-state index in [1.54, 1.807) is 58.9 Å². The molecule has 0 saturated carbocycles. The molecule has 0 aromatic heterocycles.